The van der Waals surface area contributed by atoms with Crippen LogP contribution in [-0.2, 0) is 9.53 Å². The van der Waals surface area contributed by atoms with Gasteiger partial charge in [-0.1, -0.05) is 13.3 Å². The topological polar surface area (TPSA) is 58.6 Å². The maximum atomic E-state index is 11.1. The van der Waals surface area contributed by atoms with Crippen molar-refractivity contribution in [3.8, 4) is 0 Å². The van der Waals surface area contributed by atoms with Gasteiger partial charge in [0.25, 0.3) is 0 Å². The van der Waals surface area contributed by atoms with Crippen molar-refractivity contribution in [3.63, 3.8) is 0 Å². The van der Waals surface area contributed by atoms with Crippen LogP contribution in [-0.4, -0.2) is 36.4 Å². The van der Waals surface area contributed by atoms with Gasteiger partial charge in [0.15, 0.2) is 0 Å². The summed E-state index contributed by atoms with van der Waals surface area (Å²) in [7, 11) is 0. The van der Waals surface area contributed by atoms with Gasteiger partial charge in [-0.3, -0.25) is 4.79 Å². The number of ether oxygens (including phenoxy) is 1. The van der Waals surface area contributed by atoms with E-state index in [1.807, 2.05) is 6.92 Å². The van der Waals surface area contributed by atoms with Gasteiger partial charge < -0.3 is 15.2 Å². The van der Waals surface area contributed by atoms with Crippen LogP contribution in [0, 0.1) is 0 Å². The summed E-state index contributed by atoms with van der Waals surface area (Å²) in [4.78, 5) is 11.1. The van der Waals surface area contributed by atoms with Crippen LogP contribution in [0.1, 0.15) is 59.3 Å². The van der Waals surface area contributed by atoms with Gasteiger partial charge >= 0.3 is 5.97 Å². The maximum Gasteiger partial charge on any atom is 0.305 e. The number of rotatable bonds is 11. The Bertz CT molecular complexity index is 221. The molecule has 0 rings (SSSR count). The minimum atomic E-state index is -0.0934. The Kier molecular flexibility index (Phi) is 9.98. The third-order valence-electron chi connectivity index (χ3n) is 3.36. The third kappa shape index (κ3) is 8.48. The average molecular weight is 259 g/mol. The van der Waals surface area contributed by atoms with Crippen molar-refractivity contribution >= 4 is 5.97 Å². The fraction of sp³-hybridized carbons (Fsp3) is 0.929. The molecule has 0 heterocycles. The molecular weight excluding hydrogens is 230 g/mol. The van der Waals surface area contributed by atoms with Gasteiger partial charge in [0.05, 0.1) is 6.61 Å². The summed E-state index contributed by atoms with van der Waals surface area (Å²) >= 11 is 0. The van der Waals surface area contributed by atoms with Crippen molar-refractivity contribution in [1.29, 1.82) is 0 Å². The van der Waals surface area contributed by atoms with Gasteiger partial charge in [-0.25, -0.2) is 0 Å². The van der Waals surface area contributed by atoms with Gasteiger partial charge in [0, 0.05) is 18.6 Å². The minimum Gasteiger partial charge on any atom is -0.466 e. The molecule has 4 nitrogen and oxygen atoms in total. The Hall–Kier alpha value is -0.610. The Morgan fingerprint density at radius 2 is 2.00 bits per heavy atom. The molecule has 2 N–H and O–H groups in total. The van der Waals surface area contributed by atoms with Crippen LogP contribution in [0.25, 0.3) is 0 Å². The highest BCUT2D eigenvalue weighted by Crippen LogP contribution is 2.13. The molecule has 0 radical (unpaired) electrons. The number of hydrogen-bond donors (Lipinski definition) is 2. The minimum absolute atomic E-state index is 0.0376. The number of aliphatic hydroxyl groups is 1. The lowest BCUT2D eigenvalue weighted by atomic mass is 9.95. The van der Waals surface area contributed by atoms with Gasteiger partial charge in [-0.2, -0.15) is 0 Å². The second-order valence-corrected chi connectivity index (χ2v) is 4.93. The van der Waals surface area contributed by atoms with Gasteiger partial charge in [0.2, 0.25) is 0 Å². The van der Waals surface area contributed by atoms with Crippen LogP contribution in [0.15, 0.2) is 0 Å². The Labute approximate surface area is 111 Å². The number of nitrogens with one attached hydrogen (secondary N) is 1. The van der Waals surface area contributed by atoms with Crippen LogP contribution in [0.4, 0.5) is 0 Å². The van der Waals surface area contributed by atoms with Crippen molar-refractivity contribution in [2.24, 2.45) is 0 Å². The lowest BCUT2D eigenvalue weighted by Gasteiger charge is -2.29. The molecular formula is C14H29NO3. The Morgan fingerprint density at radius 3 is 2.56 bits per heavy atom. The summed E-state index contributed by atoms with van der Waals surface area (Å²) in [6, 6.07) is 0. The lowest BCUT2D eigenvalue weighted by Crippen LogP contribution is -2.43. The molecule has 0 aliphatic rings. The summed E-state index contributed by atoms with van der Waals surface area (Å²) in [5, 5.41) is 12.5. The van der Waals surface area contributed by atoms with Crippen molar-refractivity contribution in [3.05, 3.63) is 0 Å². The number of hydrogen-bond acceptors (Lipinski definition) is 4. The van der Waals surface area contributed by atoms with E-state index in [0.717, 1.165) is 38.6 Å². The molecule has 0 aromatic carbocycles. The average Bonchev–Trinajstić information content (AvgIpc) is 2.34. The molecule has 0 aliphatic heterocycles. The molecule has 0 saturated carbocycles. The summed E-state index contributed by atoms with van der Waals surface area (Å²) in [6.07, 6.45) is 5.30. The van der Waals surface area contributed by atoms with E-state index in [4.69, 9.17) is 9.84 Å². The normalized spacial score (nSPS) is 14.2. The van der Waals surface area contributed by atoms with E-state index in [1.165, 1.54) is 0 Å². The van der Waals surface area contributed by atoms with E-state index in [9.17, 15) is 4.79 Å². The number of unbranched alkanes of at least 4 members (excludes halogenated alkanes) is 2. The predicted molar refractivity (Wildman–Crippen MR) is 73.5 cm³/mol. The first kappa shape index (κ1) is 17.4. The first-order valence-corrected chi connectivity index (χ1v) is 7.09. The summed E-state index contributed by atoms with van der Waals surface area (Å²) in [5.41, 5.74) is 0.0376. The van der Waals surface area contributed by atoms with Crippen molar-refractivity contribution in [2.75, 3.05) is 19.8 Å². The SMILES string of the molecule is CCOC(=O)CCCCCNC(C)(CC)CCO. The van der Waals surface area contributed by atoms with Gasteiger partial charge in [0.1, 0.15) is 0 Å². The largest absolute Gasteiger partial charge is 0.466 e. The van der Waals surface area contributed by atoms with Gasteiger partial charge in [-0.05, 0) is 46.1 Å². The molecule has 0 aromatic heterocycles. The van der Waals surface area contributed by atoms with E-state index in [1.54, 1.807) is 0 Å². The molecule has 0 amide bonds. The molecule has 0 saturated heterocycles. The second kappa shape index (κ2) is 10.3. The highest BCUT2D eigenvalue weighted by molar-refractivity contribution is 5.69. The third-order valence-corrected chi connectivity index (χ3v) is 3.36. The number of carbonyl (C=O) groups is 1. The zero-order chi connectivity index (χ0) is 13.9. The molecule has 0 spiro atoms. The summed E-state index contributed by atoms with van der Waals surface area (Å²) < 4.78 is 4.87. The first-order valence-electron chi connectivity index (χ1n) is 7.09. The highest BCUT2D eigenvalue weighted by Gasteiger charge is 2.19. The van der Waals surface area contributed by atoms with Crippen LogP contribution in [0.5, 0.6) is 0 Å². The number of carbonyl (C=O) groups excluding carboxylic acids is 1. The van der Waals surface area contributed by atoms with E-state index in [0.29, 0.717) is 13.0 Å². The zero-order valence-electron chi connectivity index (χ0n) is 12.1. The fourth-order valence-electron chi connectivity index (χ4n) is 1.83. The molecule has 1 atom stereocenters. The second-order valence-electron chi connectivity index (χ2n) is 4.93. The maximum absolute atomic E-state index is 11.1. The first-order chi connectivity index (χ1) is 8.58. The molecule has 0 fully saturated rings. The quantitative estimate of drug-likeness (QED) is 0.441. The smallest absolute Gasteiger partial charge is 0.305 e. The van der Waals surface area contributed by atoms with E-state index in [2.05, 4.69) is 19.2 Å². The lowest BCUT2D eigenvalue weighted by molar-refractivity contribution is -0.143. The van der Waals surface area contributed by atoms with Crippen molar-refractivity contribution in [2.45, 2.75) is 64.8 Å². The summed E-state index contributed by atoms with van der Waals surface area (Å²) in [5.74, 6) is -0.0934. The van der Waals surface area contributed by atoms with Crippen LogP contribution < -0.4 is 5.32 Å². The molecule has 1 unspecified atom stereocenters. The summed E-state index contributed by atoms with van der Waals surface area (Å²) in [6.45, 7) is 7.73. The Morgan fingerprint density at radius 1 is 1.28 bits per heavy atom. The molecule has 4 heteroatoms. The Balaban J connectivity index is 3.52. The van der Waals surface area contributed by atoms with Crippen LogP contribution in [0.3, 0.4) is 0 Å². The molecule has 0 aliphatic carbocycles. The fourth-order valence-corrected chi connectivity index (χ4v) is 1.83. The zero-order valence-corrected chi connectivity index (χ0v) is 12.1. The predicted octanol–water partition coefficient (Wildman–Crippen LogP) is 2.25. The van der Waals surface area contributed by atoms with Crippen LogP contribution >= 0.6 is 0 Å². The monoisotopic (exact) mass is 259 g/mol. The molecule has 0 bridgehead atoms. The molecule has 0 aromatic rings. The van der Waals surface area contributed by atoms with E-state index in [-0.39, 0.29) is 18.1 Å². The number of esters is 1. The van der Waals surface area contributed by atoms with Crippen LogP contribution in [0.2, 0.25) is 0 Å². The molecule has 18 heavy (non-hydrogen) atoms. The highest BCUT2D eigenvalue weighted by atomic mass is 16.5. The van der Waals surface area contributed by atoms with E-state index >= 15 is 0 Å². The molecule has 108 valence electrons. The number of aliphatic hydroxyl groups excluding tert-OH is 1. The van der Waals surface area contributed by atoms with Crippen molar-refractivity contribution in [1.82, 2.24) is 5.32 Å². The standard InChI is InChI=1S/C14H29NO3/c1-4-14(3,10-12-16)15-11-8-6-7-9-13(17)18-5-2/h15-16H,4-12H2,1-3H3. The van der Waals surface area contributed by atoms with Gasteiger partial charge in [-0.15, -0.1) is 0 Å². The van der Waals surface area contributed by atoms with Crippen molar-refractivity contribution < 1.29 is 14.6 Å². The van der Waals surface area contributed by atoms with E-state index < -0.39 is 0 Å².